The van der Waals surface area contributed by atoms with Gasteiger partial charge in [-0.3, -0.25) is 0 Å². The Hall–Kier alpha value is -1.73. The van der Waals surface area contributed by atoms with Gasteiger partial charge in [-0.25, -0.2) is 0 Å². The van der Waals surface area contributed by atoms with Crippen molar-refractivity contribution in [3.8, 4) is 17.6 Å². The lowest BCUT2D eigenvalue weighted by Crippen LogP contribution is -2.33. The van der Waals surface area contributed by atoms with Crippen LogP contribution < -0.4 is 14.8 Å². The van der Waals surface area contributed by atoms with Crippen molar-refractivity contribution in [2.75, 3.05) is 13.7 Å². The standard InChI is InChI=1S/C19H28N2O2/c1-15-6-5-7-17(12-15)21-14-16-8-9-18(22-2)19(13-16)23-11-4-3-10-20/h8-9,13,15,17,21H,3-7,11-12,14H2,1-2H3. The fourth-order valence-corrected chi connectivity index (χ4v) is 3.16. The molecule has 0 heterocycles. The molecule has 0 aliphatic heterocycles. The number of hydrogen-bond donors (Lipinski definition) is 1. The van der Waals surface area contributed by atoms with Gasteiger partial charge in [0.2, 0.25) is 0 Å². The van der Waals surface area contributed by atoms with Gasteiger partial charge in [0.25, 0.3) is 0 Å². The molecule has 1 aliphatic carbocycles. The molecule has 0 amide bonds. The van der Waals surface area contributed by atoms with E-state index in [1.807, 2.05) is 12.1 Å². The maximum absolute atomic E-state index is 8.58. The first-order chi connectivity index (χ1) is 11.2. The number of ether oxygens (including phenoxy) is 2. The Labute approximate surface area is 139 Å². The van der Waals surface area contributed by atoms with Gasteiger partial charge in [0.15, 0.2) is 11.5 Å². The van der Waals surface area contributed by atoms with Crippen LogP contribution in [0.1, 0.15) is 51.0 Å². The summed E-state index contributed by atoms with van der Waals surface area (Å²) >= 11 is 0. The normalized spacial score (nSPS) is 20.7. The zero-order chi connectivity index (χ0) is 16.5. The van der Waals surface area contributed by atoms with E-state index >= 15 is 0 Å². The third-order valence-electron chi connectivity index (χ3n) is 4.45. The van der Waals surface area contributed by atoms with Crippen LogP contribution in [-0.2, 0) is 6.54 Å². The van der Waals surface area contributed by atoms with Crippen LogP contribution >= 0.6 is 0 Å². The van der Waals surface area contributed by atoms with Crippen molar-refractivity contribution in [3.05, 3.63) is 23.8 Å². The summed E-state index contributed by atoms with van der Waals surface area (Å²) in [5.74, 6) is 2.34. The van der Waals surface area contributed by atoms with E-state index in [-0.39, 0.29) is 0 Å². The topological polar surface area (TPSA) is 54.3 Å². The molecule has 1 saturated carbocycles. The van der Waals surface area contributed by atoms with Crippen molar-refractivity contribution in [2.24, 2.45) is 5.92 Å². The van der Waals surface area contributed by atoms with E-state index < -0.39 is 0 Å². The predicted molar refractivity (Wildman–Crippen MR) is 91.6 cm³/mol. The molecule has 1 aromatic rings. The number of nitrogens with zero attached hydrogens (tertiary/aromatic N) is 1. The highest BCUT2D eigenvalue weighted by Crippen LogP contribution is 2.29. The molecule has 2 atom stereocenters. The molecule has 2 rings (SSSR count). The van der Waals surface area contributed by atoms with E-state index in [4.69, 9.17) is 14.7 Å². The first-order valence-corrected chi connectivity index (χ1v) is 8.63. The minimum atomic E-state index is 0.517. The third kappa shape index (κ3) is 5.76. The first-order valence-electron chi connectivity index (χ1n) is 8.63. The molecule has 0 aromatic heterocycles. The second kappa shape index (κ2) is 9.42. The van der Waals surface area contributed by atoms with Gasteiger partial charge in [-0.15, -0.1) is 0 Å². The van der Waals surface area contributed by atoms with Gasteiger partial charge in [0.05, 0.1) is 19.8 Å². The summed E-state index contributed by atoms with van der Waals surface area (Å²) in [6.07, 6.45) is 6.49. The quantitative estimate of drug-likeness (QED) is 0.735. The summed E-state index contributed by atoms with van der Waals surface area (Å²) in [6.45, 7) is 3.74. The maximum atomic E-state index is 8.58. The van der Waals surface area contributed by atoms with Gasteiger partial charge in [-0.2, -0.15) is 5.26 Å². The predicted octanol–water partition coefficient (Wildman–Crippen LogP) is 4.05. The molecule has 4 heteroatoms. The Balaban J connectivity index is 1.89. The van der Waals surface area contributed by atoms with Crippen LogP contribution in [0.15, 0.2) is 18.2 Å². The second-order valence-electron chi connectivity index (χ2n) is 6.44. The zero-order valence-electron chi connectivity index (χ0n) is 14.3. The lowest BCUT2D eigenvalue weighted by molar-refractivity contribution is 0.289. The van der Waals surface area contributed by atoms with Gasteiger partial charge in [0.1, 0.15) is 0 Å². The minimum absolute atomic E-state index is 0.517. The molecule has 1 fully saturated rings. The maximum Gasteiger partial charge on any atom is 0.161 e. The van der Waals surface area contributed by atoms with Crippen LogP contribution in [0.5, 0.6) is 11.5 Å². The highest BCUT2D eigenvalue weighted by Gasteiger charge is 2.18. The summed E-state index contributed by atoms with van der Waals surface area (Å²) < 4.78 is 11.1. The lowest BCUT2D eigenvalue weighted by atomic mass is 9.87. The average Bonchev–Trinajstić information content (AvgIpc) is 2.57. The fraction of sp³-hybridized carbons (Fsp3) is 0.632. The monoisotopic (exact) mass is 316 g/mol. The van der Waals surface area contributed by atoms with E-state index in [0.717, 1.165) is 30.4 Å². The summed E-state index contributed by atoms with van der Waals surface area (Å²) in [7, 11) is 1.65. The Kier molecular flexibility index (Phi) is 7.22. The second-order valence-corrected chi connectivity index (χ2v) is 6.44. The van der Waals surface area contributed by atoms with Gasteiger partial charge >= 0.3 is 0 Å². The van der Waals surface area contributed by atoms with Crippen molar-refractivity contribution >= 4 is 0 Å². The number of benzene rings is 1. The van der Waals surface area contributed by atoms with Crippen molar-refractivity contribution in [3.63, 3.8) is 0 Å². The molecular weight excluding hydrogens is 288 g/mol. The van der Waals surface area contributed by atoms with Crippen LogP contribution in [0.4, 0.5) is 0 Å². The number of hydrogen-bond acceptors (Lipinski definition) is 4. The molecule has 1 aromatic carbocycles. The van der Waals surface area contributed by atoms with E-state index in [0.29, 0.717) is 19.1 Å². The number of methoxy groups -OCH3 is 1. The minimum Gasteiger partial charge on any atom is -0.493 e. The number of unbranched alkanes of at least 4 members (excludes halogenated alkanes) is 1. The molecule has 1 N–H and O–H groups in total. The van der Waals surface area contributed by atoms with Crippen LogP contribution in [0, 0.1) is 17.2 Å². The molecule has 0 saturated heterocycles. The Bertz CT molecular complexity index is 525. The van der Waals surface area contributed by atoms with Crippen molar-refractivity contribution in [2.45, 2.75) is 58.0 Å². The van der Waals surface area contributed by atoms with Crippen LogP contribution in [0.3, 0.4) is 0 Å². The molecule has 23 heavy (non-hydrogen) atoms. The molecule has 0 spiro atoms. The van der Waals surface area contributed by atoms with Crippen molar-refractivity contribution in [1.29, 1.82) is 5.26 Å². The van der Waals surface area contributed by atoms with E-state index in [1.54, 1.807) is 7.11 Å². The highest BCUT2D eigenvalue weighted by molar-refractivity contribution is 5.43. The molecule has 2 unspecified atom stereocenters. The van der Waals surface area contributed by atoms with Crippen molar-refractivity contribution < 1.29 is 9.47 Å². The smallest absolute Gasteiger partial charge is 0.161 e. The van der Waals surface area contributed by atoms with Crippen LogP contribution in [-0.4, -0.2) is 19.8 Å². The summed E-state index contributed by atoms with van der Waals surface area (Å²) in [5, 5.41) is 12.3. The van der Waals surface area contributed by atoms with E-state index in [9.17, 15) is 0 Å². The van der Waals surface area contributed by atoms with E-state index in [1.165, 1.54) is 31.2 Å². The Morgan fingerprint density at radius 3 is 2.91 bits per heavy atom. The first kappa shape index (κ1) is 17.6. The average molecular weight is 316 g/mol. The van der Waals surface area contributed by atoms with Crippen LogP contribution in [0.25, 0.3) is 0 Å². The largest absolute Gasteiger partial charge is 0.493 e. The Morgan fingerprint density at radius 2 is 2.17 bits per heavy atom. The highest BCUT2D eigenvalue weighted by atomic mass is 16.5. The summed E-state index contributed by atoms with van der Waals surface area (Å²) in [5.41, 5.74) is 1.21. The number of rotatable bonds is 8. The number of nitriles is 1. The SMILES string of the molecule is COc1ccc(CNC2CCCC(C)C2)cc1OCCCC#N. The van der Waals surface area contributed by atoms with Gasteiger partial charge in [-0.1, -0.05) is 25.8 Å². The molecule has 0 bridgehead atoms. The lowest BCUT2D eigenvalue weighted by Gasteiger charge is -2.27. The van der Waals surface area contributed by atoms with Gasteiger partial charge in [0, 0.05) is 19.0 Å². The Morgan fingerprint density at radius 1 is 1.30 bits per heavy atom. The number of nitrogens with one attached hydrogen (secondary N) is 1. The van der Waals surface area contributed by atoms with Crippen LogP contribution in [0.2, 0.25) is 0 Å². The molecule has 1 aliphatic rings. The molecule has 0 radical (unpaired) electrons. The van der Waals surface area contributed by atoms with Gasteiger partial charge in [-0.05, 0) is 42.9 Å². The molecule has 126 valence electrons. The van der Waals surface area contributed by atoms with Crippen molar-refractivity contribution in [1.82, 2.24) is 5.32 Å². The molecule has 4 nitrogen and oxygen atoms in total. The summed E-state index contributed by atoms with van der Waals surface area (Å²) in [6, 6.07) is 8.85. The zero-order valence-corrected chi connectivity index (χ0v) is 14.3. The van der Waals surface area contributed by atoms with Gasteiger partial charge < -0.3 is 14.8 Å². The summed E-state index contributed by atoms with van der Waals surface area (Å²) in [4.78, 5) is 0. The fourth-order valence-electron chi connectivity index (χ4n) is 3.16. The third-order valence-corrected chi connectivity index (χ3v) is 4.45. The molecular formula is C19H28N2O2. The van der Waals surface area contributed by atoms with E-state index in [2.05, 4.69) is 24.4 Å².